The van der Waals surface area contributed by atoms with Crippen LogP contribution >= 0.6 is 22.9 Å². The van der Waals surface area contributed by atoms with Gasteiger partial charge in [-0.1, -0.05) is 54.1 Å². The molecule has 0 saturated heterocycles. The summed E-state index contributed by atoms with van der Waals surface area (Å²) in [5.41, 5.74) is 9.02. The van der Waals surface area contributed by atoms with E-state index in [1.165, 1.54) is 0 Å². The third-order valence-corrected chi connectivity index (χ3v) is 6.83. The van der Waals surface area contributed by atoms with Gasteiger partial charge in [-0.2, -0.15) is 0 Å². The zero-order valence-electron chi connectivity index (χ0n) is 19.7. The Morgan fingerprint density at radius 3 is 2.39 bits per heavy atom. The number of nitrogens with one attached hydrogen (secondary N) is 2. The molecule has 0 fully saturated rings. The first-order chi connectivity index (χ1) is 17.5. The van der Waals surface area contributed by atoms with E-state index in [1.54, 1.807) is 24.3 Å². The number of amides is 1. The molecule has 0 spiro atoms. The number of benzene rings is 3. The predicted octanol–water partition coefficient (Wildman–Crippen LogP) is 6.33. The van der Waals surface area contributed by atoms with E-state index in [-0.39, 0.29) is 27.8 Å². The number of hydrogen-bond acceptors (Lipinski definition) is 6. The van der Waals surface area contributed by atoms with Crippen molar-refractivity contribution >= 4 is 51.0 Å². The number of carbonyl (C=O) groups is 2. The monoisotopic (exact) mass is 519 g/mol. The van der Waals surface area contributed by atoms with Gasteiger partial charge in [0.25, 0.3) is 5.91 Å². The number of anilines is 3. The van der Waals surface area contributed by atoms with Gasteiger partial charge in [-0.15, -0.1) is 11.3 Å². The fourth-order valence-corrected chi connectivity index (χ4v) is 4.90. The number of nitrogens with two attached hydrogens (primary N) is 1. The topological polar surface area (TPSA) is 93.4 Å². The van der Waals surface area contributed by atoms with E-state index in [9.17, 15) is 9.59 Å². The molecule has 1 aromatic heterocycles. The Hall–Kier alpha value is -3.81. The van der Waals surface area contributed by atoms with Crippen molar-refractivity contribution in [1.82, 2.24) is 5.32 Å². The summed E-state index contributed by atoms with van der Waals surface area (Å²) in [5.74, 6) is -0.00198. The third-order valence-electron chi connectivity index (χ3n) is 5.46. The van der Waals surface area contributed by atoms with Crippen LogP contribution in [0.15, 0.2) is 78.9 Å². The lowest BCUT2D eigenvalue weighted by Gasteiger charge is -2.13. The van der Waals surface area contributed by atoms with Gasteiger partial charge in [0.15, 0.2) is 0 Å². The number of nitrogen functional groups attached to an aromatic ring is 1. The molecule has 0 saturated carbocycles. The average molecular weight is 520 g/mol. The Morgan fingerprint density at radius 1 is 0.972 bits per heavy atom. The summed E-state index contributed by atoms with van der Waals surface area (Å²) in [6, 6.07) is 23.9. The van der Waals surface area contributed by atoms with Gasteiger partial charge in [0.05, 0.1) is 23.5 Å². The van der Waals surface area contributed by atoms with Crippen LogP contribution in [-0.4, -0.2) is 24.8 Å². The smallest absolute Gasteiger partial charge is 0.256 e. The molecule has 4 rings (SSSR count). The van der Waals surface area contributed by atoms with Crippen LogP contribution in [0.2, 0.25) is 5.02 Å². The summed E-state index contributed by atoms with van der Waals surface area (Å²) >= 11 is 7.12. The first-order valence-electron chi connectivity index (χ1n) is 11.5. The molecule has 0 unspecified atom stereocenters. The molecule has 184 valence electrons. The third kappa shape index (κ3) is 5.87. The minimum atomic E-state index is -0.355. The van der Waals surface area contributed by atoms with Crippen molar-refractivity contribution in [3.05, 3.63) is 105 Å². The number of para-hydroxylation sites is 2. The Labute approximate surface area is 219 Å². The van der Waals surface area contributed by atoms with E-state index < -0.39 is 0 Å². The van der Waals surface area contributed by atoms with Crippen molar-refractivity contribution in [3.8, 4) is 5.75 Å². The van der Waals surface area contributed by atoms with E-state index in [2.05, 4.69) is 10.6 Å². The van der Waals surface area contributed by atoms with Crippen molar-refractivity contribution < 1.29 is 14.3 Å². The standard InChI is InChI=1S/C28H26ClN3O3S/c1-2-35-22-11-7-6-10-21(22)32-28-23(27(34)31-17-16-18-8-4-3-5-9-18)24(30)26(36-28)25(33)19-12-14-20(29)15-13-19/h3-15,32H,2,16-17,30H2,1H3,(H,31,34). The average Bonchev–Trinajstić information content (AvgIpc) is 3.21. The fourth-order valence-electron chi connectivity index (χ4n) is 3.69. The summed E-state index contributed by atoms with van der Waals surface area (Å²) in [7, 11) is 0. The van der Waals surface area contributed by atoms with Crippen molar-refractivity contribution in [1.29, 1.82) is 0 Å². The normalized spacial score (nSPS) is 10.6. The fraction of sp³-hybridized carbons (Fsp3) is 0.143. The maximum atomic E-state index is 13.3. The maximum absolute atomic E-state index is 13.3. The van der Waals surface area contributed by atoms with E-state index >= 15 is 0 Å². The largest absolute Gasteiger partial charge is 0.492 e. The van der Waals surface area contributed by atoms with E-state index in [0.717, 1.165) is 16.9 Å². The van der Waals surface area contributed by atoms with Crippen LogP contribution in [0.4, 0.5) is 16.4 Å². The second kappa shape index (κ2) is 11.7. The van der Waals surface area contributed by atoms with Crippen LogP contribution in [0.3, 0.4) is 0 Å². The number of ether oxygens (including phenoxy) is 1. The molecule has 0 aliphatic carbocycles. The molecule has 0 radical (unpaired) electrons. The van der Waals surface area contributed by atoms with Crippen molar-refractivity contribution in [3.63, 3.8) is 0 Å². The van der Waals surface area contributed by atoms with E-state index in [0.29, 0.717) is 46.6 Å². The van der Waals surface area contributed by atoms with Crippen molar-refractivity contribution in [2.45, 2.75) is 13.3 Å². The number of rotatable bonds is 10. The lowest BCUT2D eigenvalue weighted by molar-refractivity contribution is 0.0956. The molecule has 6 nitrogen and oxygen atoms in total. The first-order valence-corrected chi connectivity index (χ1v) is 12.7. The highest BCUT2D eigenvalue weighted by atomic mass is 35.5. The minimum Gasteiger partial charge on any atom is -0.492 e. The highest BCUT2D eigenvalue weighted by molar-refractivity contribution is 7.19. The number of thiophene rings is 1. The van der Waals surface area contributed by atoms with Gasteiger partial charge in [-0.3, -0.25) is 9.59 Å². The molecule has 8 heteroatoms. The van der Waals surface area contributed by atoms with Gasteiger partial charge >= 0.3 is 0 Å². The highest BCUT2D eigenvalue weighted by Gasteiger charge is 2.27. The van der Waals surface area contributed by atoms with Crippen molar-refractivity contribution in [2.24, 2.45) is 0 Å². The maximum Gasteiger partial charge on any atom is 0.256 e. The molecule has 36 heavy (non-hydrogen) atoms. The van der Waals surface area contributed by atoms with Gasteiger partial charge in [0.1, 0.15) is 15.6 Å². The molecule has 0 aliphatic rings. The van der Waals surface area contributed by atoms with Gasteiger partial charge in [0.2, 0.25) is 5.78 Å². The lowest BCUT2D eigenvalue weighted by Crippen LogP contribution is -2.26. The van der Waals surface area contributed by atoms with Crippen LogP contribution in [0.5, 0.6) is 5.75 Å². The first kappa shape index (κ1) is 25.3. The van der Waals surface area contributed by atoms with Crippen LogP contribution in [-0.2, 0) is 6.42 Å². The molecule has 0 bridgehead atoms. The zero-order valence-corrected chi connectivity index (χ0v) is 21.3. The van der Waals surface area contributed by atoms with Crippen molar-refractivity contribution in [2.75, 3.05) is 24.2 Å². The van der Waals surface area contributed by atoms with E-state index in [1.807, 2.05) is 61.5 Å². The summed E-state index contributed by atoms with van der Waals surface area (Å²) in [4.78, 5) is 26.9. The summed E-state index contributed by atoms with van der Waals surface area (Å²) in [6.07, 6.45) is 0.670. The van der Waals surface area contributed by atoms with Crippen LogP contribution in [0.25, 0.3) is 0 Å². The molecule has 4 aromatic rings. The number of carbonyl (C=O) groups excluding carboxylic acids is 2. The molecule has 1 heterocycles. The number of ketones is 1. The Morgan fingerprint density at radius 2 is 1.67 bits per heavy atom. The molecule has 0 aliphatic heterocycles. The highest BCUT2D eigenvalue weighted by Crippen LogP contribution is 2.40. The van der Waals surface area contributed by atoms with Crippen LogP contribution < -0.4 is 21.1 Å². The minimum absolute atomic E-state index is 0.133. The molecule has 1 amide bonds. The summed E-state index contributed by atoms with van der Waals surface area (Å²) in [6.45, 7) is 2.81. The molecule has 3 aromatic carbocycles. The predicted molar refractivity (Wildman–Crippen MR) is 147 cm³/mol. The number of halogens is 1. The molecule has 0 atom stereocenters. The number of hydrogen-bond donors (Lipinski definition) is 3. The second-order valence-corrected chi connectivity index (χ2v) is 9.39. The SMILES string of the molecule is CCOc1ccccc1Nc1sc(C(=O)c2ccc(Cl)cc2)c(N)c1C(=O)NCCc1ccccc1. The van der Waals surface area contributed by atoms with Gasteiger partial charge in [-0.25, -0.2) is 0 Å². The molecular formula is C28H26ClN3O3S. The molecule has 4 N–H and O–H groups in total. The lowest BCUT2D eigenvalue weighted by atomic mass is 10.1. The Kier molecular flexibility index (Phi) is 8.25. The van der Waals surface area contributed by atoms with Gasteiger partial charge < -0.3 is 21.1 Å². The van der Waals surface area contributed by atoms with Gasteiger partial charge in [0, 0.05) is 17.1 Å². The van der Waals surface area contributed by atoms with Gasteiger partial charge in [-0.05, 0) is 55.3 Å². The quantitative estimate of drug-likeness (QED) is 0.213. The van der Waals surface area contributed by atoms with E-state index in [4.69, 9.17) is 22.1 Å². The summed E-state index contributed by atoms with van der Waals surface area (Å²) in [5, 5.41) is 7.21. The second-order valence-electron chi connectivity index (χ2n) is 7.93. The Bertz CT molecular complexity index is 1350. The van der Waals surface area contributed by atoms with Crippen LogP contribution in [0.1, 0.15) is 38.1 Å². The summed E-state index contributed by atoms with van der Waals surface area (Å²) < 4.78 is 5.72. The van der Waals surface area contributed by atoms with Crippen LogP contribution in [0, 0.1) is 0 Å². The zero-order chi connectivity index (χ0) is 25.5. The Balaban J connectivity index is 1.66. The molecular weight excluding hydrogens is 494 g/mol.